The first kappa shape index (κ1) is 10.8. The molecule has 1 aromatic rings. The van der Waals surface area contributed by atoms with Crippen LogP contribution < -0.4 is 10.2 Å². The zero-order valence-corrected chi connectivity index (χ0v) is 10.6. The van der Waals surface area contributed by atoms with Crippen LogP contribution in [0.25, 0.3) is 0 Å². The Bertz CT molecular complexity index is 474. The lowest BCUT2D eigenvalue weighted by molar-refractivity contribution is 0.128. The summed E-state index contributed by atoms with van der Waals surface area (Å²) in [6.07, 6.45) is 2.04. The van der Waals surface area contributed by atoms with Gasteiger partial charge >= 0.3 is 0 Å². The molecular formula is C15H20N2O. The molecule has 0 radical (unpaired) electrons. The van der Waals surface area contributed by atoms with Crippen molar-refractivity contribution in [2.45, 2.75) is 31.4 Å². The molecule has 3 aliphatic rings. The maximum Gasteiger partial charge on any atom is 0.0591 e. The highest BCUT2D eigenvalue weighted by molar-refractivity contribution is 5.64. The molecule has 96 valence electrons. The Balaban J connectivity index is 1.86. The van der Waals surface area contributed by atoms with Gasteiger partial charge in [-0.2, -0.15) is 0 Å². The number of fused-ring (bicyclic) bond motifs is 2. The first-order chi connectivity index (χ1) is 8.84. The lowest BCUT2D eigenvalue weighted by Gasteiger charge is -2.39. The molecule has 0 amide bonds. The van der Waals surface area contributed by atoms with Crippen molar-refractivity contribution >= 4 is 5.69 Å². The fourth-order valence-electron chi connectivity index (χ4n) is 4.11. The molecule has 4 rings (SSSR count). The van der Waals surface area contributed by atoms with Crippen molar-refractivity contribution in [3.8, 4) is 0 Å². The molecule has 1 saturated carbocycles. The van der Waals surface area contributed by atoms with Gasteiger partial charge in [0.15, 0.2) is 0 Å². The van der Waals surface area contributed by atoms with E-state index in [4.69, 9.17) is 0 Å². The standard InChI is InChI=1S/C15H20N2O/c18-14-5-4-11-12-3-1-2-10-8-16-6-7-17(15(10)12)9-13(11)14/h1-3,11,13-14,16,18H,4-9H2. The maximum atomic E-state index is 10.2. The lowest BCUT2D eigenvalue weighted by Crippen LogP contribution is -2.41. The van der Waals surface area contributed by atoms with Crippen LogP contribution in [0.5, 0.6) is 0 Å². The van der Waals surface area contributed by atoms with E-state index in [-0.39, 0.29) is 6.10 Å². The molecule has 3 unspecified atom stereocenters. The van der Waals surface area contributed by atoms with E-state index in [0.717, 1.165) is 39.0 Å². The van der Waals surface area contributed by atoms with Crippen LogP contribution in [0.3, 0.4) is 0 Å². The predicted molar refractivity (Wildman–Crippen MR) is 71.8 cm³/mol. The molecule has 3 nitrogen and oxygen atoms in total. The molecule has 0 saturated heterocycles. The highest BCUT2D eigenvalue weighted by atomic mass is 16.3. The second-order valence-electron chi connectivity index (χ2n) is 5.89. The highest BCUT2D eigenvalue weighted by Gasteiger charge is 2.42. The van der Waals surface area contributed by atoms with Crippen molar-refractivity contribution < 1.29 is 5.11 Å². The van der Waals surface area contributed by atoms with Gasteiger partial charge < -0.3 is 15.3 Å². The highest BCUT2D eigenvalue weighted by Crippen LogP contribution is 2.48. The molecule has 2 heterocycles. The van der Waals surface area contributed by atoms with Crippen molar-refractivity contribution in [2.24, 2.45) is 5.92 Å². The van der Waals surface area contributed by atoms with Crippen LogP contribution in [0.4, 0.5) is 5.69 Å². The molecule has 0 aromatic heterocycles. The summed E-state index contributed by atoms with van der Waals surface area (Å²) < 4.78 is 0. The number of para-hydroxylation sites is 1. The van der Waals surface area contributed by atoms with Crippen molar-refractivity contribution in [1.29, 1.82) is 0 Å². The summed E-state index contributed by atoms with van der Waals surface area (Å²) in [5.74, 6) is 1.04. The van der Waals surface area contributed by atoms with Crippen molar-refractivity contribution in [2.75, 3.05) is 24.5 Å². The molecule has 3 atom stereocenters. The minimum absolute atomic E-state index is 0.0944. The Morgan fingerprint density at radius 1 is 1.28 bits per heavy atom. The van der Waals surface area contributed by atoms with Gasteiger partial charge in [0.05, 0.1) is 6.10 Å². The van der Waals surface area contributed by atoms with Gasteiger partial charge in [-0.25, -0.2) is 0 Å². The second kappa shape index (κ2) is 3.97. The summed E-state index contributed by atoms with van der Waals surface area (Å²) in [5.41, 5.74) is 4.40. The van der Waals surface area contributed by atoms with Crippen LogP contribution in [0, 0.1) is 5.92 Å². The fraction of sp³-hybridized carbons (Fsp3) is 0.600. The molecule has 1 aliphatic carbocycles. The van der Waals surface area contributed by atoms with E-state index in [0.29, 0.717) is 11.8 Å². The van der Waals surface area contributed by atoms with Crippen LogP contribution in [-0.4, -0.2) is 30.8 Å². The largest absolute Gasteiger partial charge is 0.393 e. The number of rotatable bonds is 0. The summed E-state index contributed by atoms with van der Waals surface area (Å²) >= 11 is 0. The Morgan fingerprint density at radius 2 is 2.22 bits per heavy atom. The molecule has 1 aromatic carbocycles. The normalized spacial score (nSPS) is 33.8. The number of aliphatic hydroxyl groups is 1. The number of nitrogens with one attached hydrogen (secondary N) is 1. The third kappa shape index (κ3) is 1.44. The fourth-order valence-corrected chi connectivity index (χ4v) is 4.11. The summed E-state index contributed by atoms with van der Waals surface area (Å²) in [4.78, 5) is 2.50. The Labute approximate surface area is 108 Å². The first-order valence-corrected chi connectivity index (χ1v) is 7.10. The van der Waals surface area contributed by atoms with E-state index in [1.807, 2.05) is 0 Å². The Hall–Kier alpha value is -1.06. The zero-order valence-electron chi connectivity index (χ0n) is 10.6. The van der Waals surface area contributed by atoms with Crippen molar-refractivity contribution in [3.05, 3.63) is 29.3 Å². The van der Waals surface area contributed by atoms with Crippen LogP contribution >= 0.6 is 0 Å². The van der Waals surface area contributed by atoms with Crippen LogP contribution in [0.15, 0.2) is 18.2 Å². The van der Waals surface area contributed by atoms with E-state index < -0.39 is 0 Å². The third-order valence-electron chi connectivity index (χ3n) is 4.96. The van der Waals surface area contributed by atoms with E-state index in [2.05, 4.69) is 28.4 Å². The molecule has 0 bridgehead atoms. The molecule has 3 heteroatoms. The van der Waals surface area contributed by atoms with Gasteiger partial charge in [-0.05, 0) is 29.9 Å². The molecule has 2 N–H and O–H groups in total. The zero-order chi connectivity index (χ0) is 12.1. The maximum absolute atomic E-state index is 10.2. The van der Waals surface area contributed by atoms with E-state index in [1.165, 1.54) is 16.8 Å². The second-order valence-corrected chi connectivity index (χ2v) is 5.89. The number of anilines is 1. The summed E-state index contributed by atoms with van der Waals surface area (Å²) in [7, 11) is 0. The molecule has 0 spiro atoms. The van der Waals surface area contributed by atoms with E-state index in [9.17, 15) is 5.11 Å². The Morgan fingerprint density at radius 3 is 3.17 bits per heavy atom. The van der Waals surface area contributed by atoms with Gasteiger partial charge in [-0.3, -0.25) is 0 Å². The summed E-state index contributed by atoms with van der Waals surface area (Å²) in [5, 5.41) is 13.7. The molecular weight excluding hydrogens is 224 g/mol. The molecule has 2 aliphatic heterocycles. The number of aliphatic hydroxyl groups excluding tert-OH is 1. The quantitative estimate of drug-likeness (QED) is 0.725. The van der Waals surface area contributed by atoms with Gasteiger partial charge in [-0.15, -0.1) is 0 Å². The van der Waals surface area contributed by atoms with Crippen LogP contribution in [0.2, 0.25) is 0 Å². The van der Waals surface area contributed by atoms with Crippen molar-refractivity contribution in [3.63, 3.8) is 0 Å². The van der Waals surface area contributed by atoms with Gasteiger partial charge in [-0.1, -0.05) is 18.2 Å². The minimum atomic E-state index is -0.0944. The number of nitrogens with zero attached hydrogens (tertiary/aromatic N) is 1. The SMILES string of the molecule is OC1CCC2c3cccc4c3N(CCNC4)CC12. The summed E-state index contributed by atoms with van der Waals surface area (Å²) in [6.45, 7) is 4.14. The summed E-state index contributed by atoms with van der Waals surface area (Å²) in [6, 6.07) is 6.72. The van der Waals surface area contributed by atoms with E-state index in [1.54, 1.807) is 0 Å². The Kier molecular flexibility index (Phi) is 2.39. The van der Waals surface area contributed by atoms with E-state index >= 15 is 0 Å². The lowest BCUT2D eigenvalue weighted by atomic mass is 9.82. The third-order valence-corrected chi connectivity index (χ3v) is 4.96. The predicted octanol–water partition coefficient (Wildman–Crippen LogP) is 1.46. The first-order valence-electron chi connectivity index (χ1n) is 7.10. The average molecular weight is 244 g/mol. The number of hydrogen-bond donors (Lipinski definition) is 2. The topological polar surface area (TPSA) is 35.5 Å². The smallest absolute Gasteiger partial charge is 0.0591 e. The molecule has 1 fully saturated rings. The number of hydrogen-bond acceptors (Lipinski definition) is 3. The molecule has 18 heavy (non-hydrogen) atoms. The minimum Gasteiger partial charge on any atom is -0.393 e. The van der Waals surface area contributed by atoms with Gasteiger partial charge in [0.1, 0.15) is 0 Å². The van der Waals surface area contributed by atoms with Crippen molar-refractivity contribution in [1.82, 2.24) is 5.32 Å². The monoisotopic (exact) mass is 244 g/mol. The average Bonchev–Trinajstić information content (AvgIpc) is 2.64. The number of benzene rings is 1. The van der Waals surface area contributed by atoms with Crippen LogP contribution in [-0.2, 0) is 6.54 Å². The van der Waals surface area contributed by atoms with Gasteiger partial charge in [0, 0.05) is 37.8 Å². The van der Waals surface area contributed by atoms with Gasteiger partial charge in [0.2, 0.25) is 0 Å². The van der Waals surface area contributed by atoms with Crippen LogP contribution in [0.1, 0.15) is 29.9 Å². The van der Waals surface area contributed by atoms with Gasteiger partial charge in [0.25, 0.3) is 0 Å².